The molecule has 1 amide bonds. The molecule has 4 nitrogen and oxygen atoms in total. The fourth-order valence-electron chi connectivity index (χ4n) is 2.83. The number of halogens is 3. The molecule has 132 valence electrons. The lowest BCUT2D eigenvalue weighted by Gasteiger charge is -2.35. The molecule has 3 rings (SSSR count). The Hall–Kier alpha value is -0.580. The number of amides is 1. The van der Waals surface area contributed by atoms with Gasteiger partial charge in [0.25, 0.3) is 5.91 Å². The van der Waals surface area contributed by atoms with Crippen LogP contribution in [0.2, 0.25) is 5.02 Å². The molecule has 0 atom stereocenters. The molecule has 1 aliphatic rings. The second-order valence-electron chi connectivity index (χ2n) is 6.00. The van der Waals surface area contributed by atoms with E-state index in [9.17, 15) is 4.79 Å². The smallest absolute Gasteiger partial charge is 0.256 e. The molecule has 0 aliphatic carbocycles. The Bertz CT molecular complexity index is 792. The van der Waals surface area contributed by atoms with Crippen LogP contribution in [0.3, 0.4) is 0 Å². The van der Waals surface area contributed by atoms with E-state index < -0.39 is 0 Å². The van der Waals surface area contributed by atoms with Crippen LogP contribution in [0.5, 0.6) is 0 Å². The quantitative estimate of drug-likeness (QED) is 0.541. The van der Waals surface area contributed by atoms with Crippen LogP contribution in [-0.2, 0) is 0 Å². The Labute approximate surface area is 180 Å². The Morgan fingerprint density at radius 1 is 1.12 bits per heavy atom. The molecule has 0 saturated carbocycles. The normalized spacial score (nSPS) is 15.3. The first-order chi connectivity index (χ1) is 12.0. The van der Waals surface area contributed by atoms with Gasteiger partial charge in [-0.05, 0) is 82.6 Å². The standard InChI is InChI=1S/C18H18ClI2N3O/c1-23-7-9-24(10-8-23)17-14(19)3-2-4-16(17)22-18(25)13-11-12(20)5-6-15(13)21/h2-6,11H,7-10H2,1H3,(H,22,25). The van der Waals surface area contributed by atoms with Gasteiger partial charge in [0.1, 0.15) is 0 Å². The van der Waals surface area contributed by atoms with Gasteiger partial charge in [0.15, 0.2) is 0 Å². The van der Waals surface area contributed by atoms with Gasteiger partial charge >= 0.3 is 0 Å². The fourth-order valence-corrected chi connectivity index (χ4v) is 4.19. The van der Waals surface area contributed by atoms with Crippen molar-refractivity contribution in [2.24, 2.45) is 0 Å². The number of hydrogen-bond donors (Lipinski definition) is 1. The minimum atomic E-state index is -0.111. The van der Waals surface area contributed by atoms with Crippen LogP contribution in [0, 0.1) is 7.14 Å². The summed E-state index contributed by atoms with van der Waals surface area (Å²) in [6, 6.07) is 11.5. The monoisotopic (exact) mass is 581 g/mol. The summed E-state index contributed by atoms with van der Waals surface area (Å²) in [5, 5.41) is 3.72. The van der Waals surface area contributed by atoms with Crippen molar-refractivity contribution in [3.8, 4) is 0 Å². The molecular weight excluding hydrogens is 563 g/mol. The van der Waals surface area contributed by atoms with Crippen LogP contribution in [0.25, 0.3) is 0 Å². The summed E-state index contributed by atoms with van der Waals surface area (Å²) in [7, 11) is 2.12. The highest BCUT2D eigenvalue weighted by Crippen LogP contribution is 2.35. The van der Waals surface area contributed by atoms with E-state index in [0.29, 0.717) is 10.6 Å². The molecule has 2 aromatic rings. The lowest BCUT2D eigenvalue weighted by Crippen LogP contribution is -2.44. The van der Waals surface area contributed by atoms with Crippen molar-refractivity contribution in [2.45, 2.75) is 0 Å². The second-order valence-corrected chi connectivity index (χ2v) is 8.82. The Morgan fingerprint density at radius 3 is 2.56 bits per heavy atom. The summed E-state index contributed by atoms with van der Waals surface area (Å²) in [5.41, 5.74) is 2.35. The molecule has 7 heteroatoms. The molecule has 1 heterocycles. The van der Waals surface area contributed by atoms with Crippen LogP contribution in [0.1, 0.15) is 10.4 Å². The van der Waals surface area contributed by atoms with E-state index >= 15 is 0 Å². The predicted octanol–water partition coefficient (Wildman–Crippen LogP) is 4.55. The van der Waals surface area contributed by atoms with E-state index in [4.69, 9.17) is 11.6 Å². The summed E-state index contributed by atoms with van der Waals surface area (Å²) in [6.07, 6.45) is 0. The van der Waals surface area contributed by atoms with Crippen molar-refractivity contribution in [2.75, 3.05) is 43.4 Å². The maximum Gasteiger partial charge on any atom is 0.256 e. The highest BCUT2D eigenvalue weighted by atomic mass is 127. The number of carbonyl (C=O) groups is 1. The largest absolute Gasteiger partial charge is 0.366 e. The van der Waals surface area contributed by atoms with Gasteiger partial charge in [-0.15, -0.1) is 0 Å². The number of likely N-dealkylation sites (N-methyl/N-ethyl adjacent to an activating group) is 1. The molecule has 0 radical (unpaired) electrons. The maximum absolute atomic E-state index is 12.8. The van der Waals surface area contributed by atoms with E-state index in [-0.39, 0.29) is 5.91 Å². The van der Waals surface area contributed by atoms with E-state index in [2.05, 4.69) is 67.3 Å². The van der Waals surface area contributed by atoms with Crippen LogP contribution >= 0.6 is 56.8 Å². The van der Waals surface area contributed by atoms with E-state index in [1.807, 2.05) is 36.4 Å². The zero-order chi connectivity index (χ0) is 18.0. The molecule has 1 fully saturated rings. The van der Waals surface area contributed by atoms with Gasteiger partial charge in [-0.3, -0.25) is 4.79 Å². The third-order valence-electron chi connectivity index (χ3n) is 4.23. The molecular formula is C18H18ClI2N3O. The first kappa shape index (κ1) is 19.2. The summed E-state index contributed by atoms with van der Waals surface area (Å²) in [6.45, 7) is 3.74. The van der Waals surface area contributed by atoms with Gasteiger partial charge in [-0.25, -0.2) is 0 Å². The summed E-state index contributed by atoms with van der Waals surface area (Å²) in [4.78, 5) is 17.3. The highest BCUT2D eigenvalue weighted by molar-refractivity contribution is 14.1. The maximum atomic E-state index is 12.8. The average Bonchev–Trinajstić information content (AvgIpc) is 2.58. The number of carbonyl (C=O) groups excluding carboxylic acids is 1. The number of nitrogens with zero attached hydrogens (tertiary/aromatic N) is 2. The van der Waals surface area contributed by atoms with Crippen molar-refractivity contribution in [1.29, 1.82) is 0 Å². The zero-order valence-corrected chi connectivity index (χ0v) is 18.8. The SMILES string of the molecule is CN1CCN(c2c(Cl)cccc2NC(=O)c2cc(I)ccc2I)CC1. The number of benzene rings is 2. The first-order valence-corrected chi connectivity index (χ1v) is 10.5. The number of piperazine rings is 1. The summed E-state index contributed by atoms with van der Waals surface area (Å²) >= 11 is 10.9. The van der Waals surface area contributed by atoms with Crippen molar-refractivity contribution < 1.29 is 4.79 Å². The van der Waals surface area contributed by atoms with Gasteiger partial charge in [-0.2, -0.15) is 0 Å². The third kappa shape index (κ3) is 4.58. The van der Waals surface area contributed by atoms with Gasteiger partial charge in [0, 0.05) is 33.3 Å². The molecule has 0 aromatic heterocycles. The zero-order valence-electron chi connectivity index (χ0n) is 13.7. The Kier molecular flexibility index (Phi) is 6.45. The van der Waals surface area contributed by atoms with Gasteiger partial charge in [0.05, 0.1) is 22.0 Å². The molecule has 0 spiro atoms. The van der Waals surface area contributed by atoms with Crippen molar-refractivity contribution in [3.05, 3.63) is 54.1 Å². The Morgan fingerprint density at radius 2 is 1.84 bits per heavy atom. The number of nitrogens with one attached hydrogen (secondary N) is 1. The molecule has 0 bridgehead atoms. The fraction of sp³-hybridized carbons (Fsp3) is 0.278. The summed E-state index contributed by atoms with van der Waals surface area (Å²) < 4.78 is 1.97. The number of rotatable bonds is 3. The minimum absolute atomic E-state index is 0.111. The number of hydrogen-bond acceptors (Lipinski definition) is 3. The van der Waals surface area contributed by atoms with Crippen molar-refractivity contribution in [3.63, 3.8) is 0 Å². The molecule has 0 unspecified atom stereocenters. The van der Waals surface area contributed by atoms with Crippen LogP contribution in [-0.4, -0.2) is 44.0 Å². The molecule has 1 aliphatic heterocycles. The minimum Gasteiger partial charge on any atom is -0.366 e. The predicted molar refractivity (Wildman–Crippen MR) is 121 cm³/mol. The molecule has 1 saturated heterocycles. The lowest BCUT2D eigenvalue weighted by molar-refractivity contribution is 0.102. The Balaban J connectivity index is 1.89. The number of para-hydroxylation sites is 1. The lowest BCUT2D eigenvalue weighted by atomic mass is 10.1. The molecule has 1 N–H and O–H groups in total. The molecule has 2 aromatic carbocycles. The van der Waals surface area contributed by atoms with Gasteiger partial charge in [0.2, 0.25) is 0 Å². The second kappa shape index (κ2) is 8.41. The van der Waals surface area contributed by atoms with E-state index in [1.54, 1.807) is 0 Å². The number of anilines is 2. The van der Waals surface area contributed by atoms with Crippen LogP contribution in [0.4, 0.5) is 11.4 Å². The van der Waals surface area contributed by atoms with Crippen molar-refractivity contribution in [1.82, 2.24) is 4.90 Å². The van der Waals surface area contributed by atoms with Crippen molar-refractivity contribution >= 4 is 74.1 Å². The summed E-state index contributed by atoms with van der Waals surface area (Å²) in [5.74, 6) is -0.111. The van der Waals surface area contributed by atoms with Crippen LogP contribution in [0.15, 0.2) is 36.4 Å². The van der Waals surface area contributed by atoms with Crippen LogP contribution < -0.4 is 10.2 Å². The van der Waals surface area contributed by atoms with E-state index in [0.717, 1.165) is 44.7 Å². The van der Waals surface area contributed by atoms with Gasteiger partial charge in [-0.1, -0.05) is 17.7 Å². The third-order valence-corrected chi connectivity index (χ3v) is 6.14. The topological polar surface area (TPSA) is 35.6 Å². The van der Waals surface area contributed by atoms with E-state index in [1.165, 1.54) is 0 Å². The molecule has 25 heavy (non-hydrogen) atoms. The average molecular weight is 582 g/mol. The first-order valence-electron chi connectivity index (χ1n) is 7.94. The van der Waals surface area contributed by atoms with Gasteiger partial charge < -0.3 is 15.1 Å². The highest BCUT2D eigenvalue weighted by Gasteiger charge is 2.21.